The van der Waals surface area contributed by atoms with Crippen molar-refractivity contribution in [3.8, 4) is 0 Å². The molecule has 0 bridgehead atoms. The first-order chi connectivity index (χ1) is 10.7. The van der Waals surface area contributed by atoms with E-state index in [1.54, 1.807) is 18.3 Å². The van der Waals surface area contributed by atoms with Crippen LogP contribution in [0.2, 0.25) is 0 Å². The minimum atomic E-state index is -0.303. The Bertz CT molecular complexity index is 1000. The number of fused-ring (bicyclic) bond motifs is 2. The van der Waals surface area contributed by atoms with E-state index in [1.807, 2.05) is 18.2 Å². The van der Waals surface area contributed by atoms with Crippen LogP contribution in [0.3, 0.4) is 0 Å². The summed E-state index contributed by atoms with van der Waals surface area (Å²) in [5, 5.41) is 11.3. The normalized spacial score (nSPS) is 11.1. The number of halogens is 1. The van der Waals surface area contributed by atoms with Gasteiger partial charge in [-0.15, -0.1) is 11.3 Å². The Labute approximate surface area is 128 Å². The third-order valence-corrected chi connectivity index (χ3v) is 4.52. The third-order valence-electron chi connectivity index (χ3n) is 3.40. The number of carbonyl (C=O) groups excluding carboxylic acids is 1. The van der Waals surface area contributed by atoms with Crippen molar-refractivity contribution in [2.75, 3.05) is 5.32 Å². The van der Waals surface area contributed by atoms with E-state index in [0.717, 1.165) is 21.0 Å². The van der Waals surface area contributed by atoms with Crippen LogP contribution in [0.25, 0.3) is 21.0 Å². The monoisotopic (exact) mass is 311 g/mol. The van der Waals surface area contributed by atoms with Gasteiger partial charge in [-0.3, -0.25) is 9.89 Å². The molecule has 2 aromatic carbocycles. The van der Waals surface area contributed by atoms with E-state index in [9.17, 15) is 9.18 Å². The molecule has 6 heteroatoms. The molecule has 0 saturated heterocycles. The van der Waals surface area contributed by atoms with Crippen molar-refractivity contribution in [1.82, 2.24) is 10.2 Å². The molecule has 1 amide bonds. The Kier molecular flexibility index (Phi) is 2.90. The van der Waals surface area contributed by atoms with E-state index in [-0.39, 0.29) is 11.7 Å². The maximum absolute atomic E-state index is 13.2. The highest BCUT2D eigenvalue weighted by Crippen LogP contribution is 2.27. The molecule has 2 N–H and O–H groups in total. The zero-order valence-corrected chi connectivity index (χ0v) is 12.1. The molecule has 0 aliphatic rings. The summed E-state index contributed by atoms with van der Waals surface area (Å²) < 4.78 is 14.1. The fourth-order valence-corrected chi connectivity index (χ4v) is 3.28. The average Bonchev–Trinajstić information content (AvgIpc) is 3.12. The zero-order valence-electron chi connectivity index (χ0n) is 11.3. The molecule has 4 nitrogen and oxygen atoms in total. The number of thiophene rings is 1. The fraction of sp³-hybridized carbons (Fsp3) is 0. The second kappa shape index (κ2) is 4.92. The molecule has 2 heterocycles. The zero-order chi connectivity index (χ0) is 15.1. The van der Waals surface area contributed by atoms with Gasteiger partial charge in [0.2, 0.25) is 0 Å². The highest BCUT2D eigenvalue weighted by atomic mass is 32.1. The van der Waals surface area contributed by atoms with Crippen molar-refractivity contribution in [3.05, 3.63) is 59.4 Å². The molecule has 108 valence electrons. The number of anilines is 1. The standard InChI is InChI=1S/C16H10FN3OS/c17-11-1-4-14-9(5-11)7-15(22-14)16(21)19-12-2-3-13-10(6-12)8-18-20-13/h1-8H,(H,18,20)(H,19,21). The van der Waals surface area contributed by atoms with Gasteiger partial charge in [0, 0.05) is 15.8 Å². The Morgan fingerprint density at radius 2 is 2.05 bits per heavy atom. The highest BCUT2D eigenvalue weighted by Gasteiger charge is 2.11. The number of aromatic amines is 1. The van der Waals surface area contributed by atoms with E-state index in [2.05, 4.69) is 15.5 Å². The molecule has 0 radical (unpaired) electrons. The van der Waals surface area contributed by atoms with Gasteiger partial charge in [0.05, 0.1) is 16.6 Å². The van der Waals surface area contributed by atoms with E-state index in [0.29, 0.717) is 10.6 Å². The predicted octanol–water partition coefficient (Wildman–Crippen LogP) is 4.17. The molecule has 0 aliphatic carbocycles. The fourth-order valence-electron chi connectivity index (χ4n) is 2.34. The van der Waals surface area contributed by atoms with Gasteiger partial charge >= 0.3 is 0 Å². The third kappa shape index (κ3) is 2.23. The largest absolute Gasteiger partial charge is 0.321 e. The summed E-state index contributed by atoms with van der Waals surface area (Å²) in [5.41, 5.74) is 1.61. The summed E-state index contributed by atoms with van der Waals surface area (Å²) in [6, 6.07) is 11.7. The van der Waals surface area contributed by atoms with Crippen LogP contribution in [0.4, 0.5) is 10.1 Å². The summed E-state index contributed by atoms with van der Waals surface area (Å²) in [7, 11) is 0. The van der Waals surface area contributed by atoms with Crippen LogP contribution in [-0.4, -0.2) is 16.1 Å². The van der Waals surface area contributed by atoms with Crippen LogP contribution in [0.1, 0.15) is 9.67 Å². The topological polar surface area (TPSA) is 57.8 Å². The summed E-state index contributed by atoms with van der Waals surface area (Å²) in [6.07, 6.45) is 1.70. The number of nitrogens with zero attached hydrogens (tertiary/aromatic N) is 1. The molecule has 2 aromatic heterocycles. The molecule has 0 unspecified atom stereocenters. The van der Waals surface area contributed by atoms with Gasteiger partial charge in [-0.2, -0.15) is 5.10 Å². The van der Waals surface area contributed by atoms with Gasteiger partial charge < -0.3 is 5.32 Å². The number of nitrogens with one attached hydrogen (secondary N) is 2. The van der Waals surface area contributed by atoms with Crippen LogP contribution >= 0.6 is 11.3 Å². The second-order valence-corrected chi connectivity index (χ2v) is 6.00. The lowest BCUT2D eigenvalue weighted by molar-refractivity contribution is 0.103. The number of benzene rings is 2. The van der Waals surface area contributed by atoms with Crippen LogP contribution in [0, 0.1) is 5.82 Å². The van der Waals surface area contributed by atoms with Gasteiger partial charge in [0.15, 0.2) is 0 Å². The predicted molar refractivity (Wildman–Crippen MR) is 85.8 cm³/mol. The van der Waals surface area contributed by atoms with Crippen molar-refractivity contribution in [2.24, 2.45) is 0 Å². The van der Waals surface area contributed by atoms with Crippen molar-refractivity contribution in [2.45, 2.75) is 0 Å². The van der Waals surface area contributed by atoms with Crippen molar-refractivity contribution >= 4 is 43.9 Å². The number of H-pyrrole nitrogens is 1. The molecular weight excluding hydrogens is 301 g/mol. The Morgan fingerprint density at radius 1 is 1.14 bits per heavy atom. The molecule has 0 atom stereocenters. The van der Waals surface area contributed by atoms with Crippen LogP contribution in [0.5, 0.6) is 0 Å². The first-order valence-electron chi connectivity index (χ1n) is 6.63. The number of hydrogen-bond acceptors (Lipinski definition) is 3. The highest BCUT2D eigenvalue weighted by molar-refractivity contribution is 7.20. The number of amides is 1. The molecule has 0 saturated carbocycles. The van der Waals surface area contributed by atoms with Crippen LogP contribution in [-0.2, 0) is 0 Å². The minimum Gasteiger partial charge on any atom is -0.321 e. The van der Waals surface area contributed by atoms with Gasteiger partial charge in [-0.25, -0.2) is 4.39 Å². The Balaban J connectivity index is 1.64. The molecule has 4 rings (SSSR count). The summed E-state index contributed by atoms with van der Waals surface area (Å²) >= 11 is 1.34. The first-order valence-corrected chi connectivity index (χ1v) is 7.44. The molecule has 4 aromatic rings. The van der Waals surface area contributed by atoms with Gasteiger partial charge in [0.25, 0.3) is 5.91 Å². The van der Waals surface area contributed by atoms with Crippen molar-refractivity contribution < 1.29 is 9.18 Å². The summed E-state index contributed by atoms with van der Waals surface area (Å²) in [6.45, 7) is 0. The lowest BCUT2D eigenvalue weighted by atomic mass is 10.2. The van der Waals surface area contributed by atoms with E-state index < -0.39 is 0 Å². The SMILES string of the molecule is O=C(Nc1ccc2[nH]ncc2c1)c1cc2cc(F)ccc2s1. The minimum absolute atomic E-state index is 0.204. The molecule has 0 aliphatic heterocycles. The van der Waals surface area contributed by atoms with Crippen molar-refractivity contribution in [3.63, 3.8) is 0 Å². The second-order valence-electron chi connectivity index (χ2n) is 4.92. The number of carbonyl (C=O) groups is 1. The van der Waals surface area contributed by atoms with Crippen molar-refractivity contribution in [1.29, 1.82) is 0 Å². The molecule has 22 heavy (non-hydrogen) atoms. The van der Waals surface area contributed by atoms with E-state index in [1.165, 1.54) is 23.5 Å². The molecule has 0 fully saturated rings. The number of rotatable bonds is 2. The summed E-state index contributed by atoms with van der Waals surface area (Å²) in [5.74, 6) is -0.507. The van der Waals surface area contributed by atoms with E-state index in [4.69, 9.17) is 0 Å². The van der Waals surface area contributed by atoms with Gasteiger partial charge in [-0.05, 0) is 47.9 Å². The average molecular weight is 311 g/mol. The lowest BCUT2D eigenvalue weighted by Crippen LogP contribution is -2.09. The Morgan fingerprint density at radius 3 is 2.95 bits per heavy atom. The van der Waals surface area contributed by atoms with Crippen LogP contribution in [0.15, 0.2) is 48.7 Å². The summed E-state index contributed by atoms with van der Waals surface area (Å²) in [4.78, 5) is 12.9. The van der Waals surface area contributed by atoms with Gasteiger partial charge in [-0.1, -0.05) is 0 Å². The smallest absolute Gasteiger partial charge is 0.265 e. The molecular formula is C16H10FN3OS. The van der Waals surface area contributed by atoms with Gasteiger partial charge in [0.1, 0.15) is 5.82 Å². The molecule has 0 spiro atoms. The number of aromatic nitrogens is 2. The lowest BCUT2D eigenvalue weighted by Gasteiger charge is -2.03. The Hall–Kier alpha value is -2.73. The number of hydrogen-bond donors (Lipinski definition) is 2. The quantitative estimate of drug-likeness (QED) is 0.584. The maximum Gasteiger partial charge on any atom is 0.265 e. The first kappa shape index (κ1) is 13.0. The maximum atomic E-state index is 13.2. The van der Waals surface area contributed by atoms with E-state index >= 15 is 0 Å². The van der Waals surface area contributed by atoms with Crippen LogP contribution < -0.4 is 5.32 Å².